The van der Waals surface area contributed by atoms with Gasteiger partial charge in [-0.2, -0.15) is 0 Å². The second-order valence-corrected chi connectivity index (χ2v) is 4.98. The average Bonchev–Trinajstić information content (AvgIpc) is 2.68. The number of aromatic nitrogens is 1. The molecule has 0 saturated carbocycles. The molecule has 1 saturated heterocycles. The SMILES string of the molecule is Cc1nc(C)c(CC(=O)N2CCC(C(N)=O)CC2)o1. The lowest BCUT2D eigenvalue weighted by atomic mass is 9.96. The molecule has 0 bridgehead atoms. The van der Waals surface area contributed by atoms with Crippen molar-refractivity contribution in [3.05, 3.63) is 17.3 Å². The summed E-state index contributed by atoms with van der Waals surface area (Å²) in [5.41, 5.74) is 6.03. The van der Waals surface area contributed by atoms with Crippen LogP contribution in [0.25, 0.3) is 0 Å². The number of carbonyl (C=O) groups is 2. The Balaban J connectivity index is 1.91. The Labute approximate surface area is 112 Å². The highest BCUT2D eigenvalue weighted by Gasteiger charge is 2.26. The Hall–Kier alpha value is -1.85. The van der Waals surface area contributed by atoms with E-state index in [4.69, 9.17) is 10.2 Å². The number of nitrogens with zero attached hydrogens (tertiary/aromatic N) is 2. The van der Waals surface area contributed by atoms with Gasteiger partial charge < -0.3 is 15.1 Å². The molecule has 1 fully saturated rings. The summed E-state index contributed by atoms with van der Waals surface area (Å²) in [4.78, 5) is 29.1. The molecule has 2 heterocycles. The molecule has 6 heteroatoms. The zero-order valence-electron chi connectivity index (χ0n) is 11.3. The molecule has 1 aromatic rings. The number of hydrogen-bond donors (Lipinski definition) is 1. The molecule has 0 radical (unpaired) electrons. The molecule has 1 aliphatic rings. The molecule has 1 aromatic heterocycles. The van der Waals surface area contributed by atoms with E-state index in [1.807, 2.05) is 6.92 Å². The summed E-state index contributed by atoms with van der Waals surface area (Å²) in [6, 6.07) is 0. The highest BCUT2D eigenvalue weighted by Crippen LogP contribution is 2.18. The second kappa shape index (κ2) is 5.42. The minimum Gasteiger partial charge on any atom is -0.445 e. The molecule has 0 aromatic carbocycles. The summed E-state index contributed by atoms with van der Waals surface area (Å²) in [6.07, 6.45) is 1.53. The van der Waals surface area contributed by atoms with Gasteiger partial charge in [-0.3, -0.25) is 9.59 Å². The number of piperidine rings is 1. The Morgan fingerprint density at radius 1 is 1.37 bits per heavy atom. The van der Waals surface area contributed by atoms with Gasteiger partial charge in [-0.05, 0) is 19.8 Å². The molecule has 2 amide bonds. The Morgan fingerprint density at radius 2 is 2.00 bits per heavy atom. The van der Waals surface area contributed by atoms with Crippen LogP contribution in [-0.2, 0) is 16.0 Å². The van der Waals surface area contributed by atoms with Crippen molar-refractivity contribution in [2.24, 2.45) is 11.7 Å². The molecule has 0 aliphatic carbocycles. The Kier molecular flexibility index (Phi) is 3.87. The van der Waals surface area contributed by atoms with Gasteiger partial charge in [0.25, 0.3) is 0 Å². The van der Waals surface area contributed by atoms with Crippen LogP contribution >= 0.6 is 0 Å². The van der Waals surface area contributed by atoms with Crippen LogP contribution in [0.3, 0.4) is 0 Å². The average molecular weight is 265 g/mol. The van der Waals surface area contributed by atoms with Crippen molar-refractivity contribution < 1.29 is 14.0 Å². The summed E-state index contributed by atoms with van der Waals surface area (Å²) in [5.74, 6) is 0.849. The third-order valence-electron chi connectivity index (χ3n) is 3.56. The number of hydrogen-bond acceptors (Lipinski definition) is 4. The summed E-state index contributed by atoms with van der Waals surface area (Å²) < 4.78 is 5.40. The summed E-state index contributed by atoms with van der Waals surface area (Å²) in [7, 11) is 0. The van der Waals surface area contributed by atoms with Crippen molar-refractivity contribution in [3.63, 3.8) is 0 Å². The number of aryl methyl sites for hydroxylation is 2. The van der Waals surface area contributed by atoms with E-state index in [-0.39, 0.29) is 24.2 Å². The van der Waals surface area contributed by atoms with Crippen molar-refractivity contribution in [2.45, 2.75) is 33.1 Å². The number of primary amides is 1. The number of rotatable bonds is 3. The van der Waals surface area contributed by atoms with Gasteiger partial charge >= 0.3 is 0 Å². The Morgan fingerprint density at radius 3 is 2.47 bits per heavy atom. The predicted octanol–water partition coefficient (Wildman–Crippen LogP) is 0.558. The van der Waals surface area contributed by atoms with E-state index >= 15 is 0 Å². The molecule has 0 atom stereocenters. The minimum absolute atomic E-state index is 0.0159. The number of carbonyl (C=O) groups excluding carboxylic acids is 2. The van der Waals surface area contributed by atoms with Gasteiger partial charge in [-0.15, -0.1) is 0 Å². The summed E-state index contributed by atoms with van der Waals surface area (Å²) in [6.45, 7) is 4.76. The van der Waals surface area contributed by atoms with E-state index < -0.39 is 0 Å². The predicted molar refractivity (Wildman–Crippen MR) is 68.2 cm³/mol. The van der Waals surface area contributed by atoms with E-state index in [0.29, 0.717) is 37.6 Å². The van der Waals surface area contributed by atoms with E-state index in [1.54, 1.807) is 11.8 Å². The number of amides is 2. The second-order valence-electron chi connectivity index (χ2n) is 4.98. The molecule has 0 spiro atoms. The minimum atomic E-state index is -0.270. The van der Waals surface area contributed by atoms with E-state index in [9.17, 15) is 9.59 Å². The highest BCUT2D eigenvalue weighted by molar-refractivity contribution is 5.80. The lowest BCUT2D eigenvalue weighted by Gasteiger charge is -2.30. The Bertz CT molecular complexity index is 487. The molecule has 2 N–H and O–H groups in total. The smallest absolute Gasteiger partial charge is 0.230 e. The van der Waals surface area contributed by atoms with Crippen LogP contribution in [0.15, 0.2) is 4.42 Å². The van der Waals surface area contributed by atoms with Gasteiger partial charge in [-0.25, -0.2) is 4.98 Å². The molecular formula is C13H19N3O3. The molecular weight excluding hydrogens is 246 g/mol. The van der Waals surface area contributed by atoms with Gasteiger partial charge in [0.1, 0.15) is 5.76 Å². The van der Waals surface area contributed by atoms with Crippen LogP contribution in [-0.4, -0.2) is 34.8 Å². The first-order valence-electron chi connectivity index (χ1n) is 6.47. The van der Waals surface area contributed by atoms with Crippen molar-refractivity contribution in [1.29, 1.82) is 0 Å². The maximum atomic E-state index is 12.1. The monoisotopic (exact) mass is 265 g/mol. The van der Waals surface area contributed by atoms with Crippen LogP contribution in [0.1, 0.15) is 30.2 Å². The normalized spacial score (nSPS) is 16.6. The lowest BCUT2D eigenvalue weighted by molar-refractivity contribution is -0.134. The number of likely N-dealkylation sites (tertiary alicyclic amines) is 1. The standard InChI is InChI=1S/C13H19N3O3/c1-8-11(19-9(2)15-8)7-12(17)16-5-3-10(4-6-16)13(14)18/h10H,3-7H2,1-2H3,(H2,14,18). The van der Waals surface area contributed by atoms with Crippen molar-refractivity contribution in [1.82, 2.24) is 9.88 Å². The van der Waals surface area contributed by atoms with E-state index in [1.165, 1.54) is 0 Å². The maximum Gasteiger partial charge on any atom is 0.230 e. The topological polar surface area (TPSA) is 89.4 Å². The molecule has 2 rings (SSSR count). The van der Waals surface area contributed by atoms with Crippen molar-refractivity contribution in [3.8, 4) is 0 Å². The van der Waals surface area contributed by atoms with Gasteiger partial charge in [0.05, 0.1) is 12.1 Å². The van der Waals surface area contributed by atoms with Crippen LogP contribution in [0.5, 0.6) is 0 Å². The third kappa shape index (κ3) is 3.13. The molecule has 19 heavy (non-hydrogen) atoms. The first kappa shape index (κ1) is 13.6. The van der Waals surface area contributed by atoms with Crippen LogP contribution in [0, 0.1) is 19.8 Å². The fourth-order valence-corrected chi connectivity index (χ4v) is 2.40. The molecule has 0 unspecified atom stereocenters. The fourth-order valence-electron chi connectivity index (χ4n) is 2.40. The van der Waals surface area contributed by atoms with Gasteiger partial charge in [0, 0.05) is 25.9 Å². The quantitative estimate of drug-likeness (QED) is 0.864. The molecule has 1 aliphatic heterocycles. The summed E-state index contributed by atoms with van der Waals surface area (Å²) >= 11 is 0. The highest BCUT2D eigenvalue weighted by atomic mass is 16.4. The van der Waals surface area contributed by atoms with Gasteiger partial charge in [0.2, 0.25) is 11.8 Å². The number of nitrogens with two attached hydrogens (primary N) is 1. The van der Waals surface area contributed by atoms with Gasteiger partial charge in [0.15, 0.2) is 5.89 Å². The molecule has 104 valence electrons. The van der Waals surface area contributed by atoms with E-state index in [2.05, 4.69) is 4.98 Å². The fraction of sp³-hybridized carbons (Fsp3) is 0.615. The van der Waals surface area contributed by atoms with Crippen LogP contribution in [0.4, 0.5) is 0 Å². The summed E-state index contributed by atoms with van der Waals surface area (Å²) in [5, 5.41) is 0. The van der Waals surface area contributed by atoms with Gasteiger partial charge in [-0.1, -0.05) is 0 Å². The van der Waals surface area contributed by atoms with Crippen molar-refractivity contribution >= 4 is 11.8 Å². The van der Waals surface area contributed by atoms with Crippen molar-refractivity contribution in [2.75, 3.05) is 13.1 Å². The maximum absolute atomic E-state index is 12.1. The first-order chi connectivity index (χ1) is 8.97. The molecule has 6 nitrogen and oxygen atoms in total. The lowest BCUT2D eigenvalue weighted by Crippen LogP contribution is -2.42. The third-order valence-corrected chi connectivity index (χ3v) is 3.56. The van der Waals surface area contributed by atoms with Crippen LogP contribution in [0.2, 0.25) is 0 Å². The van der Waals surface area contributed by atoms with Crippen LogP contribution < -0.4 is 5.73 Å². The first-order valence-corrected chi connectivity index (χ1v) is 6.47. The zero-order valence-corrected chi connectivity index (χ0v) is 11.3. The van der Waals surface area contributed by atoms with E-state index in [0.717, 1.165) is 5.69 Å². The number of oxazole rings is 1. The largest absolute Gasteiger partial charge is 0.445 e. The zero-order chi connectivity index (χ0) is 14.0.